The molecular weight excluding hydrogens is 270 g/mol. The molecule has 0 amide bonds. The minimum Gasteiger partial charge on any atom is -0.504 e. The molecule has 3 N–H and O–H groups in total. The monoisotopic (exact) mass is 293 g/mol. The molecule has 0 heterocycles. The lowest BCUT2D eigenvalue weighted by atomic mass is 9.93. The van der Waals surface area contributed by atoms with E-state index in [0.29, 0.717) is 18.2 Å². The van der Waals surface area contributed by atoms with Crippen LogP contribution in [0.15, 0.2) is 18.2 Å². The van der Waals surface area contributed by atoms with E-state index in [1.807, 2.05) is 4.90 Å². The molecule has 0 spiro atoms. The Labute approximate surface area is 124 Å². The topological polar surface area (TPSA) is 81.0 Å². The number of aromatic hydroxyl groups is 2. The van der Waals surface area contributed by atoms with Gasteiger partial charge in [-0.2, -0.15) is 0 Å². The van der Waals surface area contributed by atoms with Crippen LogP contribution in [0.4, 0.5) is 0 Å². The van der Waals surface area contributed by atoms with Crippen LogP contribution in [0.25, 0.3) is 0 Å². The highest BCUT2D eigenvalue weighted by Crippen LogP contribution is 2.26. The van der Waals surface area contributed by atoms with Crippen LogP contribution in [-0.4, -0.2) is 51.7 Å². The molecule has 0 radical (unpaired) electrons. The van der Waals surface area contributed by atoms with Gasteiger partial charge in [0, 0.05) is 18.2 Å². The first-order chi connectivity index (χ1) is 10.1. The molecule has 0 atom stereocenters. The molecule has 0 unspecified atom stereocenters. The number of phenolic OH excluding ortho intramolecular Hbond substituents is 2. The van der Waals surface area contributed by atoms with Gasteiger partial charge >= 0.3 is 0 Å². The fourth-order valence-electron chi connectivity index (χ4n) is 2.94. The first-order valence-electron chi connectivity index (χ1n) is 7.52. The number of ketones is 1. The summed E-state index contributed by atoms with van der Waals surface area (Å²) in [7, 11) is 0. The molecule has 0 aliphatic heterocycles. The summed E-state index contributed by atoms with van der Waals surface area (Å²) in [5.41, 5.74) is 0.379. The molecule has 1 fully saturated rings. The average Bonchev–Trinajstić information content (AvgIpc) is 2.50. The van der Waals surface area contributed by atoms with E-state index in [1.165, 1.54) is 37.5 Å². The normalized spacial score (nSPS) is 16.3. The molecule has 21 heavy (non-hydrogen) atoms. The smallest absolute Gasteiger partial charge is 0.176 e. The summed E-state index contributed by atoms with van der Waals surface area (Å²) in [6.45, 7) is 0.751. The summed E-state index contributed by atoms with van der Waals surface area (Å²) >= 11 is 0. The number of aliphatic hydroxyl groups excluding tert-OH is 1. The number of nitrogens with zero attached hydrogens (tertiary/aromatic N) is 1. The molecule has 1 saturated carbocycles. The van der Waals surface area contributed by atoms with Crippen molar-refractivity contribution in [3.8, 4) is 11.5 Å². The van der Waals surface area contributed by atoms with Crippen molar-refractivity contribution >= 4 is 5.78 Å². The van der Waals surface area contributed by atoms with Gasteiger partial charge in [-0.1, -0.05) is 19.3 Å². The van der Waals surface area contributed by atoms with Crippen molar-refractivity contribution in [3.05, 3.63) is 23.8 Å². The summed E-state index contributed by atoms with van der Waals surface area (Å²) < 4.78 is 0. The van der Waals surface area contributed by atoms with Crippen LogP contribution >= 0.6 is 0 Å². The highest BCUT2D eigenvalue weighted by atomic mass is 16.3. The van der Waals surface area contributed by atoms with Crippen LogP contribution in [0.2, 0.25) is 0 Å². The van der Waals surface area contributed by atoms with E-state index in [-0.39, 0.29) is 30.4 Å². The molecular formula is C16H23NO4. The maximum absolute atomic E-state index is 12.3. The van der Waals surface area contributed by atoms with E-state index in [1.54, 1.807) is 0 Å². The summed E-state index contributed by atoms with van der Waals surface area (Å²) in [4.78, 5) is 14.4. The number of hydrogen-bond donors (Lipinski definition) is 3. The molecule has 0 aromatic heterocycles. The van der Waals surface area contributed by atoms with Crippen LogP contribution in [0.5, 0.6) is 11.5 Å². The Kier molecular flexibility index (Phi) is 5.59. The summed E-state index contributed by atoms with van der Waals surface area (Å²) in [6, 6.07) is 4.46. The number of benzene rings is 1. The van der Waals surface area contributed by atoms with Gasteiger partial charge in [0.05, 0.1) is 13.2 Å². The molecule has 2 rings (SSSR count). The van der Waals surface area contributed by atoms with Crippen LogP contribution in [0.1, 0.15) is 42.5 Å². The van der Waals surface area contributed by atoms with Crippen molar-refractivity contribution < 1.29 is 20.1 Å². The Hall–Kier alpha value is -1.59. The Morgan fingerprint density at radius 3 is 2.48 bits per heavy atom. The van der Waals surface area contributed by atoms with Gasteiger partial charge in [-0.3, -0.25) is 9.69 Å². The average molecular weight is 293 g/mol. The minimum absolute atomic E-state index is 0.0323. The second-order valence-corrected chi connectivity index (χ2v) is 5.61. The van der Waals surface area contributed by atoms with Gasteiger partial charge in [-0.15, -0.1) is 0 Å². The van der Waals surface area contributed by atoms with E-state index in [2.05, 4.69) is 0 Å². The van der Waals surface area contributed by atoms with E-state index in [4.69, 9.17) is 0 Å². The van der Waals surface area contributed by atoms with Crippen molar-refractivity contribution in [2.75, 3.05) is 19.7 Å². The standard InChI is InChI=1S/C16H23NO4/c18-9-8-17(13-4-2-1-3-5-13)11-16(21)12-6-7-14(19)15(20)10-12/h6-7,10,13,18-20H,1-5,8-9,11H2. The van der Waals surface area contributed by atoms with Crippen molar-refractivity contribution in [1.82, 2.24) is 4.90 Å². The zero-order chi connectivity index (χ0) is 15.2. The van der Waals surface area contributed by atoms with Crippen LogP contribution in [0.3, 0.4) is 0 Å². The Morgan fingerprint density at radius 1 is 1.14 bits per heavy atom. The lowest BCUT2D eigenvalue weighted by molar-refractivity contribution is 0.0814. The van der Waals surface area contributed by atoms with Crippen LogP contribution < -0.4 is 0 Å². The maximum Gasteiger partial charge on any atom is 0.176 e. The van der Waals surface area contributed by atoms with E-state index >= 15 is 0 Å². The minimum atomic E-state index is -0.285. The third-order valence-electron chi connectivity index (χ3n) is 4.12. The third-order valence-corrected chi connectivity index (χ3v) is 4.12. The number of hydrogen-bond acceptors (Lipinski definition) is 5. The Morgan fingerprint density at radius 2 is 1.86 bits per heavy atom. The predicted octanol–water partition coefficient (Wildman–Crippen LogP) is 1.91. The van der Waals surface area contributed by atoms with Gasteiger partial charge in [0.2, 0.25) is 0 Å². The number of phenols is 2. The largest absolute Gasteiger partial charge is 0.504 e. The zero-order valence-corrected chi connectivity index (χ0v) is 12.2. The summed E-state index contributed by atoms with van der Waals surface area (Å²) in [5.74, 6) is -0.623. The maximum atomic E-state index is 12.3. The van der Waals surface area contributed by atoms with Gasteiger partial charge in [-0.05, 0) is 31.0 Å². The number of carbonyl (C=O) groups excluding carboxylic acids is 1. The predicted molar refractivity (Wildman–Crippen MR) is 79.6 cm³/mol. The first kappa shape index (κ1) is 15.8. The van der Waals surface area contributed by atoms with Crippen molar-refractivity contribution in [2.45, 2.75) is 38.1 Å². The first-order valence-corrected chi connectivity index (χ1v) is 7.52. The molecule has 1 aliphatic rings. The van der Waals surface area contributed by atoms with E-state index < -0.39 is 0 Å². The van der Waals surface area contributed by atoms with E-state index in [9.17, 15) is 20.1 Å². The van der Waals surface area contributed by atoms with Crippen molar-refractivity contribution in [3.63, 3.8) is 0 Å². The quantitative estimate of drug-likeness (QED) is 0.551. The SMILES string of the molecule is O=C(CN(CCO)C1CCCCC1)c1ccc(O)c(O)c1. The molecule has 1 aliphatic carbocycles. The number of carbonyl (C=O) groups is 1. The molecule has 116 valence electrons. The van der Waals surface area contributed by atoms with Crippen LogP contribution in [0, 0.1) is 0 Å². The molecule has 0 saturated heterocycles. The highest BCUT2D eigenvalue weighted by molar-refractivity contribution is 5.98. The Balaban J connectivity index is 2.04. The van der Waals surface area contributed by atoms with Gasteiger partial charge in [-0.25, -0.2) is 0 Å². The molecule has 0 bridgehead atoms. The summed E-state index contributed by atoms with van der Waals surface area (Å²) in [5, 5.41) is 28.0. The van der Waals surface area contributed by atoms with Crippen molar-refractivity contribution in [2.24, 2.45) is 0 Å². The van der Waals surface area contributed by atoms with Gasteiger partial charge in [0.15, 0.2) is 17.3 Å². The van der Waals surface area contributed by atoms with Gasteiger partial charge < -0.3 is 15.3 Å². The molecule has 5 nitrogen and oxygen atoms in total. The van der Waals surface area contributed by atoms with Gasteiger partial charge in [0.25, 0.3) is 0 Å². The summed E-state index contributed by atoms with van der Waals surface area (Å²) in [6.07, 6.45) is 5.70. The number of rotatable bonds is 6. The van der Waals surface area contributed by atoms with E-state index in [0.717, 1.165) is 12.8 Å². The lowest BCUT2D eigenvalue weighted by Gasteiger charge is -2.33. The Bertz CT molecular complexity index is 483. The second-order valence-electron chi connectivity index (χ2n) is 5.61. The number of aliphatic hydroxyl groups is 1. The lowest BCUT2D eigenvalue weighted by Crippen LogP contribution is -2.41. The number of Topliss-reactive ketones (excluding diaryl/α,β-unsaturated/α-hetero) is 1. The second kappa shape index (κ2) is 7.43. The van der Waals surface area contributed by atoms with Crippen LogP contribution in [-0.2, 0) is 0 Å². The molecule has 1 aromatic carbocycles. The fraction of sp³-hybridized carbons (Fsp3) is 0.562. The highest BCUT2D eigenvalue weighted by Gasteiger charge is 2.23. The van der Waals surface area contributed by atoms with Gasteiger partial charge in [0.1, 0.15) is 0 Å². The molecule has 1 aromatic rings. The zero-order valence-electron chi connectivity index (χ0n) is 12.2. The molecule has 5 heteroatoms. The third kappa shape index (κ3) is 4.19. The van der Waals surface area contributed by atoms with Crippen molar-refractivity contribution in [1.29, 1.82) is 0 Å². The fourth-order valence-corrected chi connectivity index (χ4v) is 2.94.